The van der Waals surface area contributed by atoms with Gasteiger partial charge in [0.1, 0.15) is 11.5 Å². The minimum atomic E-state index is -4.64. The highest BCUT2D eigenvalue weighted by molar-refractivity contribution is 5.85. The van der Waals surface area contributed by atoms with Crippen LogP contribution in [0.4, 0.5) is 13.2 Å². The molecule has 0 saturated carbocycles. The van der Waals surface area contributed by atoms with Gasteiger partial charge >= 0.3 is 6.18 Å². The first kappa shape index (κ1) is 22.1. The quantitative estimate of drug-likeness (QED) is 0.291. The number of alkyl halides is 3. The van der Waals surface area contributed by atoms with Crippen LogP contribution in [0.1, 0.15) is 12.5 Å². The van der Waals surface area contributed by atoms with Crippen molar-refractivity contribution in [3.8, 4) is 28.6 Å². The fourth-order valence-corrected chi connectivity index (χ4v) is 2.85. The van der Waals surface area contributed by atoms with E-state index < -0.39 is 11.7 Å². The first-order valence-corrected chi connectivity index (χ1v) is 8.84. The van der Waals surface area contributed by atoms with Crippen LogP contribution in [0.25, 0.3) is 33.9 Å². The summed E-state index contributed by atoms with van der Waals surface area (Å²) in [6, 6.07) is 8.87. The van der Waals surface area contributed by atoms with Gasteiger partial charge in [-0.1, -0.05) is 11.7 Å². The summed E-state index contributed by atoms with van der Waals surface area (Å²) in [7, 11) is 0. The number of nitrogens with zero attached hydrogens (tertiary/aromatic N) is 3. The molecule has 0 unspecified atom stereocenters. The lowest BCUT2D eigenvalue weighted by atomic mass is 10.1. The molecule has 0 amide bonds. The molecule has 0 spiro atoms. The van der Waals surface area contributed by atoms with Crippen molar-refractivity contribution < 1.29 is 22.4 Å². The van der Waals surface area contributed by atoms with Gasteiger partial charge in [0.15, 0.2) is 0 Å². The summed E-state index contributed by atoms with van der Waals surface area (Å²) in [5.41, 5.74) is 1.35. The Hall–Kier alpha value is -3.59. The number of H-pyrrole nitrogens is 1. The summed E-state index contributed by atoms with van der Waals surface area (Å²) in [6.45, 7) is 5.16. The van der Waals surface area contributed by atoms with Crippen molar-refractivity contribution in [3.05, 3.63) is 72.8 Å². The summed E-state index contributed by atoms with van der Waals surface area (Å²) < 4.78 is 51.3. The van der Waals surface area contributed by atoms with Gasteiger partial charge in [-0.15, -0.1) is 12.4 Å². The van der Waals surface area contributed by atoms with Crippen LogP contribution in [0.3, 0.4) is 0 Å². The second-order valence-electron chi connectivity index (χ2n) is 6.26. The third-order valence-electron chi connectivity index (χ3n) is 4.35. The van der Waals surface area contributed by atoms with E-state index in [1.165, 1.54) is 24.3 Å². The topological polar surface area (TPSA) is 76.8 Å². The molecule has 4 aromatic rings. The molecular formula is C21H16ClF3N4O2. The number of hydrogen-bond donors (Lipinski definition) is 1. The number of aromatic nitrogens is 4. The summed E-state index contributed by atoms with van der Waals surface area (Å²) in [6.07, 6.45) is -0.236. The molecule has 0 aliphatic heterocycles. The lowest BCUT2D eigenvalue weighted by Gasteiger charge is -2.14. The molecule has 4 rings (SSSR count). The number of fused-ring (bicyclic) bond motifs is 1. The number of nitrogens with one attached hydrogen (secondary N) is 1. The molecule has 2 aromatic heterocycles. The van der Waals surface area contributed by atoms with Crippen LogP contribution in [0.15, 0.2) is 71.7 Å². The summed E-state index contributed by atoms with van der Waals surface area (Å²) in [4.78, 5) is 11.3. The van der Waals surface area contributed by atoms with E-state index in [0.717, 1.165) is 17.1 Å². The Bertz CT molecular complexity index is 1260. The highest BCUT2D eigenvalue weighted by Crippen LogP contribution is 2.39. The van der Waals surface area contributed by atoms with E-state index in [1.54, 1.807) is 31.5 Å². The standard InChI is InChI=1S/C21H15F3N4O2.ClH/c1-3-14(4-2)29-18-8-6-13(9-15(18)21(22,23)24)20-27-19(28-30-20)12-5-7-16-17(10-12)26-11-25-16;/h3-11H,1H2,2H3,(H,25,26);1H/b14-4+;. The summed E-state index contributed by atoms with van der Waals surface area (Å²) >= 11 is 0. The number of allylic oxidation sites excluding steroid dienone is 2. The van der Waals surface area contributed by atoms with E-state index in [0.29, 0.717) is 5.56 Å². The number of imidazole rings is 1. The van der Waals surface area contributed by atoms with Crippen LogP contribution in [0.2, 0.25) is 0 Å². The van der Waals surface area contributed by atoms with Gasteiger partial charge in [-0.25, -0.2) is 4.98 Å². The van der Waals surface area contributed by atoms with Crippen molar-refractivity contribution in [3.63, 3.8) is 0 Å². The molecule has 6 nitrogen and oxygen atoms in total. The maximum absolute atomic E-state index is 13.6. The molecule has 0 aliphatic carbocycles. The first-order valence-electron chi connectivity index (χ1n) is 8.84. The molecule has 0 aliphatic rings. The third-order valence-corrected chi connectivity index (χ3v) is 4.35. The smallest absolute Gasteiger partial charge is 0.420 e. The Balaban J connectivity index is 0.00000272. The van der Waals surface area contributed by atoms with Crippen molar-refractivity contribution in [1.82, 2.24) is 20.1 Å². The second kappa shape index (κ2) is 8.65. The number of ether oxygens (including phenoxy) is 1. The maximum atomic E-state index is 13.6. The molecule has 160 valence electrons. The highest BCUT2D eigenvalue weighted by atomic mass is 35.5. The molecular weight excluding hydrogens is 433 g/mol. The zero-order chi connectivity index (χ0) is 21.3. The highest BCUT2D eigenvalue weighted by Gasteiger charge is 2.35. The van der Waals surface area contributed by atoms with Gasteiger partial charge in [0.05, 0.1) is 22.9 Å². The van der Waals surface area contributed by atoms with Crippen LogP contribution in [0.5, 0.6) is 5.75 Å². The van der Waals surface area contributed by atoms with Gasteiger partial charge in [0, 0.05) is 11.1 Å². The average molecular weight is 449 g/mol. The Morgan fingerprint density at radius 3 is 2.65 bits per heavy atom. The third kappa shape index (κ3) is 4.46. The number of aromatic amines is 1. The fraction of sp³-hybridized carbons (Fsp3) is 0.0952. The number of rotatable bonds is 5. The van der Waals surface area contributed by atoms with Crippen molar-refractivity contribution in [2.24, 2.45) is 0 Å². The van der Waals surface area contributed by atoms with E-state index >= 15 is 0 Å². The van der Waals surface area contributed by atoms with Crippen molar-refractivity contribution >= 4 is 23.4 Å². The molecule has 31 heavy (non-hydrogen) atoms. The van der Waals surface area contributed by atoms with Gasteiger partial charge in [0.2, 0.25) is 5.82 Å². The van der Waals surface area contributed by atoms with Crippen LogP contribution in [-0.4, -0.2) is 20.1 Å². The minimum absolute atomic E-state index is 0. The Morgan fingerprint density at radius 1 is 1.16 bits per heavy atom. The number of hydrogen-bond acceptors (Lipinski definition) is 5. The van der Waals surface area contributed by atoms with Gasteiger partial charge in [-0.3, -0.25) is 0 Å². The van der Waals surface area contributed by atoms with Gasteiger partial charge in [0.25, 0.3) is 5.89 Å². The Morgan fingerprint density at radius 2 is 1.94 bits per heavy atom. The van der Waals surface area contributed by atoms with Crippen molar-refractivity contribution in [2.45, 2.75) is 13.1 Å². The molecule has 0 bridgehead atoms. The average Bonchev–Trinajstić information content (AvgIpc) is 3.40. The number of halogens is 4. The predicted molar refractivity (Wildman–Crippen MR) is 112 cm³/mol. The largest absolute Gasteiger partial charge is 0.457 e. The molecule has 0 radical (unpaired) electrons. The van der Waals surface area contributed by atoms with Crippen molar-refractivity contribution in [2.75, 3.05) is 0 Å². The SMILES string of the molecule is C=C/C(=C\C)Oc1ccc(-c2nc(-c3ccc4nc[nH]c4c3)no2)cc1C(F)(F)F.Cl. The van der Waals surface area contributed by atoms with Gasteiger partial charge in [-0.2, -0.15) is 18.2 Å². The Kier molecular flexibility index (Phi) is 6.16. The van der Waals surface area contributed by atoms with Crippen LogP contribution in [0, 0.1) is 0 Å². The molecule has 1 N–H and O–H groups in total. The molecule has 2 aromatic carbocycles. The molecule has 2 heterocycles. The monoisotopic (exact) mass is 448 g/mol. The van der Waals surface area contributed by atoms with Crippen LogP contribution < -0.4 is 4.74 Å². The van der Waals surface area contributed by atoms with Crippen LogP contribution in [-0.2, 0) is 6.18 Å². The summed E-state index contributed by atoms with van der Waals surface area (Å²) in [5, 5.41) is 3.89. The molecule has 10 heteroatoms. The Labute approximate surface area is 180 Å². The predicted octanol–water partition coefficient (Wildman–Crippen LogP) is 6.19. The van der Waals surface area contributed by atoms with E-state index in [1.807, 2.05) is 0 Å². The van der Waals surface area contributed by atoms with Crippen LogP contribution >= 0.6 is 12.4 Å². The second-order valence-corrected chi connectivity index (χ2v) is 6.26. The first-order chi connectivity index (χ1) is 14.4. The zero-order valence-electron chi connectivity index (χ0n) is 16.1. The van der Waals surface area contributed by atoms with Gasteiger partial charge in [-0.05, 0) is 55.5 Å². The van der Waals surface area contributed by atoms with E-state index in [-0.39, 0.29) is 41.2 Å². The maximum Gasteiger partial charge on any atom is 0.420 e. The summed E-state index contributed by atoms with van der Waals surface area (Å²) in [5.74, 6) is 0.0752. The molecule has 0 fully saturated rings. The lowest BCUT2D eigenvalue weighted by molar-refractivity contribution is -0.138. The lowest BCUT2D eigenvalue weighted by Crippen LogP contribution is -2.08. The van der Waals surface area contributed by atoms with E-state index in [9.17, 15) is 13.2 Å². The number of benzene rings is 2. The minimum Gasteiger partial charge on any atom is -0.457 e. The normalized spacial score (nSPS) is 11.9. The molecule has 0 saturated heterocycles. The van der Waals surface area contributed by atoms with Gasteiger partial charge < -0.3 is 14.2 Å². The van der Waals surface area contributed by atoms with E-state index in [2.05, 4.69) is 26.7 Å². The zero-order valence-corrected chi connectivity index (χ0v) is 16.9. The van der Waals surface area contributed by atoms with E-state index in [4.69, 9.17) is 9.26 Å². The molecule has 0 atom stereocenters. The van der Waals surface area contributed by atoms with Crippen molar-refractivity contribution in [1.29, 1.82) is 0 Å². The fourth-order valence-electron chi connectivity index (χ4n) is 2.85.